The maximum atomic E-state index is 12.8. The van der Waals surface area contributed by atoms with E-state index in [0.717, 1.165) is 31.2 Å². The van der Waals surface area contributed by atoms with Crippen LogP contribution in [0.2, 0.25) is 0 Å². The van der Waals surface area contributed by atoms with Crippen LogP contribution < -0.4 is 5.32 Å². The molecule has 2 aliphatic rings. The zero-order valence-electron chi connectivity index (χ0n) is 14.2. The summed E-state index contributed by atoms with van der Waals surface area (Å²) in [5, 5.41) is 12.4. The van der Waals surface area contributed by atoms with Gasteiger partial charge in [-0.25, -0.2) is 4.98 Å². The molecule has 2 aliphatic heterocycles. The Kier molecular flexibility index (Phi) is 5.79. The fraction of sp³-hybridized carbons (Fsp3) is 0.647. The van der Waals surface area contributed by atoms with Crippen LogP contribution in [0.5, 0.6) is 0 Å². The Morgan fingerprint density at radius 3 is 2.81 bits per heavy atom. The van der Waals surface area contributed by atoms with Crippen LogP contribution in [-0.4, -0.2) is 59.3 Å². The van der Waals surface area contributed by atoms with Crippen molar-refractivity contribution in [3.63, 3.8) is 0 Å². The number of hydrogen-bond acceptors (Lipinski definition) is 5. The quantitative estimate of drug-likeness (QED) is 0.843. The smallest absolute Gasteiger partial charge is 0.392 e. The second-order valence-corrected chi connectivity index (χ2v) is 6.83. The number of nitrogens with zero attached hydrogens (tertiary/aromatic N) is 2. The molecular formula is C17H22F3N3O3. The molecule has 0 spiro atoms. The van der Waals surface area contributed by atoms with Crippen molar-refractivity contribution in [2.24, 2.45) is 5.92 Å². The van der Waals surface area contributed by atoms with Gasteiger partial charge in [-0.1, -0.05) is 0 Å². The number of aliphatic hydroxyl groups is 1. The van der Waals surface area contributed by atoms with Crippen molar-refractivity contribution < 1.29 is 27.8 Å². The summed E-state index contributed by atoms with van der Waals surface area (Å²) in [5.41, 5.74) is -0.867. The van der Waals surface area contributed by atoms with Crippen LogP contribution in [0, 0.1) is 5.92 Å². The van der Waals surface area contributed by atoms with Crippen molar-refractivity contribution in [1.82, 2.24) is 9.88 Å². The molecule has 3 heterocycles. The molecule has 2 fully saturated rings. The first kappa shape index (κ1) is 19.1. The maximum Gasteiger partial charge on any atom is 0.416 e. The van der Waals surface area contributed by atoms with Gasteiger partial charge in [0.25, 0.3) is 0 Å². The summed E-state index contributed by atoms with van der Waals surface area (Å²) < 4.78 is 43.7. The van der Waals surface area contributed by atoms with Gasteiger partial charge in [0.2, 0.25) is 5.91 Å². The monoisotopic (exact) mass is 373 g/mol. The Morgan fingerprint density at radius 2 is 2.12 bits per heavy atom. The molecule has 9 heteroatoms. The van der Waals surface area contributed by atoms with E-state index in [1.165, 1.54) is 0 Å². The van der Waals surface area contributed by atoms with Crippen molar-refractivity contribution in [3.8, 4) is 0 Å². The normalized spacial score (nSPS) is 25.4. The number of alkyl halides is 3. The molecule has 144 valence electrons. The van der Waals surface area contributed by atoms with Crippen molar-refractivity contribution in [2.75, 3.05) is 31.6 Å². The van der Waals surface area contributed by atoms with Crippen LogP contribution in [0.25, 0.3) is 0 Å². The van der Waals surface area contributed by atoms with Gasteiger partial charge in [-0.2, -0.15) is 13.2 Å². The predicted octanol–water partition coefficient (Wildman–Crippen LogP) is 1.90. The number of anilines is 1. The van der Waals surface area contributed by atoms with Crippen LogP contribution in [0.4, 0.5) is 19.0 Å². The van der Waals surface area contributed by atoms with Crippen molar-refractivity contribution in [3.05, 3.63) is 23.9 Å². The Labute approximate surface area is 149 Å². The zero-order valence-corrected chi connectivity index (χ0v) is 14.2. The third-order valence-electron chi connectivity index (χ3n) is 4.86. The number of carbonyl (C=O) groups is 1. The van der Waals surface area contributed by atoms with Crippen LogP contribution in [0.1, 0.15) is 24.8 Å². The van der Waals surface area contributed by atoms with E-state index < -0.39 is 29.8 Å². The summed E-state index contributed by atoms with van der Waals surface area (Å²) >= 11 is 0. The molecule has 1 aromatic heterocycles. The minimum atomic E-state index is -4.50. The van der Waals surface area contributed by atoms with E-state index in [0.29, 0.717) is 32.2 Å². The number of β-amino-alcohol motifs (C(OH)–C–C–N with tert-alkyl or cyclic N) is 1. The minimum Gasteiger partial charge on any atom is -0.392 e. The first-order valence-electron chi connectivity index (χ1n) is 8.67. The number of ether oxygens (including phenoxy) is 1. The van der Waals surface area contributed by atoms with Gasteiger partial charge in [0.15, 0.2) is 0 Å². The Morgan fingerprint density at radius 1 is 1.38 bits per heavy atom. The van der Waals surface area contributed by atoms with E-state index in [1.54, 1.807) is 0 Å². The minimum absolute atomic E-state index is 0.141. The number of aromatic nitrogens is 1. The predicted molar refractivity (Wildman–Crippen MR) is 87.4 cm³/mol. The topological polar surface area (TPSA) is 74.7 Å². The summed E-state index contributed by atoms with van der Waals surface area (Å²) in [7, 11) is 0. The van der Waals surface area contributed by atoms with Crippen LogP contribution in [-0.2, 0) is 15.7 Å². The van der Waals surface area contributed by atoms with Crippen LogP contribution in [0.3, 0.4) is 0 Å². The highest BCUT2D eigenvalue weighted by Crippen LogP contribution is 2.30. The van der Waals surface area contributed by atoms with Gasteiger partial charge in [-0.05, 0) is 37.3 Å². The zero-order chi connectivity index (χ0) is 18.7. The molecule has 0 aliphatic carbocycles. The fourth-order valence-corrected chi connectivity index (χ4v) is 3.50. The number of pyridine rings is 1. The molecule has 0 unspecified atom stereocenters. The van der Waals surface area contributed by atoms with E-state index in [9.17, 15) is 23.1 Å². The first-order chi connectivity index (χ1) is 12.3. The lowest BCUT2D eigenvalue weighted by Crippen LogP contribution is -2.43. The SMILES string of the molecule is O=C(Nc1cc(C(F)(F)F)ccn1)[C@@H]1C[C@@H](O)CN1CC1CCOCC1. The molecule has 0 saturated carbocycles. The number of nitrogens with one attached hydrogen (secondary N) is 1. The molecule has 3 rings (SSSR count). The van der Waals surface area contributed by atoms with E-state index in [4.69, 9.17) is 4.74 Å². The molecule has 6 nitrogen and oxygen atoms in total. The second kappa shape index (κ2) is 7.89. The lowest BCUT2D eigenvalue weighted by Gasteiger charge is -2.30. The van der Waals surface area contributed by atoms with Gasteiger partial charge in [-0.3, -0.25) is 9.69 Å². The lowest BCUT2D eigenvalue weighted by atomic mass is 9.99. The number of carbonyl (C=O) groups excluding carboxylic acids is 1. The maximum absolute atomic E-state index is 12.8. The Balaban J connectivity index is 1.65. The molecule has 1 aromatic rings. The number of aliphatic hydroxyl groups excluding tert-OH is 1. The third-order valence-corrected chi connectivity index (χ3v) is 4.86. The van der Waals surface area contributed by atoms with Gasteiger partial charge in [-0.15, -0.1) is 0 Å². The van der Waals surface area contributed by atoms with E-state index in [2.05, 4.69) is 10.3 Å². The van der Waals surface area contributed by atoms with Gasteiger partial charge in [0.1, 0.15) is 5.82 Å². The van der Waals surface area contributed by atoms with Gasteiger partial charge in [0.05, 0.1) is 17.7 Å². The molecule has 2 atom stereocenters. The Hall–Kier alpha value is -1.71. The number of likely N-dealkylation sites (tertiary alicyclic amines) is 1. The fourth-order valence-electron chi connectivity index (χ4n) is 3.50. The average Bonchev–Trinajstić information content (AvgIpc) is 2.96. The van der Waals surface area contributed by atoms with Crippen LogP contribution in [0.15, 0.2) is 18.3 Å². The largest absolute Gasteiger partial charge is 0.416 e. The second-order valence-electron chi connectivity index (χ2n) is 6.83. The number of hydrogen-bond donors (Lipinski definition) is 2. The lowest BCUT2D eigenvalue weighted by molar-refractivity contribution is -0.137. The van der Waals surface area contributed by atoms with E-state index >= 15 is 0 Å². The molecular weight excluding hydrogens is 351 g/mol. The highest BCUT2D eigenvalue weighted by atomic mass is 19.4. The highest BCUT2D eigenvalue weighted by molar-refractivity contribution is 5.94. The summed E-state index contributed by atoms with van der Waals surface area (Å²) in [5.74, 6) is -0.200. The number of halogens is 3. The first-order valence-corrected chi connectivity index (χ1v) is 8.67. The standard InChI is InChI=1S/C17H22F3N3O3/c18-17(19,20)12-1-4-21-15(7-12)22-16(25)14-8-13(24)10-23(14)9-11-2-5-26-6-3-11/h1,4,7,11,13-14,24H,2-3,5-6,8-10H2,(H,21,22,25)/t13-,14+/m1/s1. The molecule has 0 radical (unpaired) electrons. The van der Waals surface area contributed by atoms with Crippen molar-refractivity contribution >= 4 is 11.7 Å². The molecule has 2 N–H and O–H groups in total. The van der Waals surface area contributed by atoms with E-state index in [-0.39, 0.29) is 12.2 Å². The van der Waals surface area contributed by atoms with Crippen molar-refractivity contribution in [2.45, 2.75) is 37.6 Å². The average molecular weight is 373 g/mol. The van der Waals surface area contributed by atoms with Crippen molar-refractivity contribution in [1.29, 1.82) is 0 Å². The van der Waals surface area contributed by atoms with Gasteiger partial charge in [0, 0.05) is 32.5 Å². The summed E-state index contributed by atoms with van der Waals surface area (Å²) in [6, 6.07) is 1.09. The molecule has 0 bridgehead atoms. The molecule has 2 saturated heterocycles. The Bertz CT molecular complexity index is 635. The summed E-state index contributed by atoms with van der Waals surface area (Å²) in [4.78, 5) is 18.3. The van der Waals surface area contributed by atoms with E-state index in [1.807, 2.05) is 4.90 Å². The van der Waals surface area contributed by atoms with Crippen LogP contribution >= 0.6 is 0 Å². The molecule has 1 amide bonds. The summed E-state index contributed by atoms with van der Waals surface area (Å²) in [6.07, 6.45) is -2.05. The number of rotatable bonds is 4. The molecule has 0 aromatic carbocycles. The number of amides is 1. The van der Waals surface area contributed by atoms with Gasteiger partial charge < -0.3 is 15.2 Å². The highest BCUT2D eigenvalue weighted by Gasteiger charge is 2.37. The summed E-state index contributed by atoms with van der Waals surface area (Å²) in [6.45, 7) is 2.41. The third kappa shape index (κ3) is 4.72. The molecule has 26 heavy (non-hydrogen) atoms. The van der Waals surface area contributed by atoms with Gasteiger partial charge >= 0.3 is 6.18 Å².